The quantitative estimate of drug-likeness (QED) is 0.514. The van der Waals surface area contributed by atoms with Gasteiger partial charge in [-0.25, -0.2) is 0 Å². The molecule has 0 aromatic heterocycles. The second-order valence-electron chi connectivity index (χ2n) is 3.14. The van der Waals surface area contributed by atoms with Gasteiger partial charge in [-0.15, -0.1) is 0 Å². The molecule has 1 unspecified atom stereocenters. The molecule has 1 rings (SSSR count). The van der Waals surface area contributed by atoms with E-state index in [4.69, 9.17) is 0 Å². The number of halogens is 2. The van der Waals surface area contributed by atoms with E-state index in [1.165, 1.54) is 0 Å². The molecule has 1 N–H and O–H groups in total. The van der Waals surface area contributed by atoms with Crippen LogP contribution in [0.1, 0.15) is 32.6 Å². The van der Waals surface area contributed by atoms with Crippen molar-refractivity contribution >= 4 is 5.91 Å². The van der Waals surface area contributed by atoms with E-state index in [1.807, 2.05) is 6.92 Å². The van der Waals surface area contributed by atoms with Gasteiger partial charge in [0.05, 0.1) is 0 Å². The number of hydrogen-bond donors (Lipinski definition) is 1. The number of nitrogens with one attached hydrogen (secondary N) is 1. The van der Waals surface area contributed by atoms with Gasteiger partial charge in [0.25, 0.3) is 5.91 Å². The van der Waals surface area contributed by atoms with E-state index in [0.29, 0.717) is 6.42 Å². The van der Waals surface area contributed by atoms with Crippen LogP contribution in [0.2, 0.25) is 0 Å². The van der Waals surface area contributed by atoms with Gasteiger partial charge in [0.1, 0.15) is 6.04 Å². The monoisotopic (exact) mass is 177 g/mol. The fraction of sp³-hybridized carbons (Fsp3) is 0.875. The van der Waals surface area contributed by atoms with Crippen LogP contribution >= 0.6 is 0 Å². The lowest BCUT2D eigenvalue weighted by Crippen LogP contribution is -2.67. The zero-order valence-electron chi connectivity index (χ0n) is 7.07. The molecule has 1 aliphatic heterocycles. The van der Waals surface area contributed by atoms with E-state index in [0.717, 1.165) is 19.3 Å². The molecular weight excluding hydrogens is 164 g/mol. The number of alkyl halides is 2. The predicted molar refractivity (Wildman–Crippen MR) is 41.0 cm³/mol. The number of carbonyl (C=O) groups is 1. The Labute approximate surface area is 70.3 Å². The maximum atomic E-state index is 12.6. The standard InChI is InChI=1S/C8H13F2NO/c1-2-3-4-5-6-8(9,10)7(12)11-6/h6H,2-5H2,1H3,(H,11,12). The second kappa shape index (κ2) is 3.37. The lowest BCUT2D eigenvalue weighted by atomic mass is 9.95. The van der Waals surface area contributed by atoms with E-state index in [1.54, 1.807) is 0 Å². The molecule has 0 aromatic carbocycles. The lowest BCUT2D eigenvalue weighted by Gasteiger charge is -2.36. The van der Waals surface area contributed by atoms with E-state index < -0.39 is 17.9 Å². The van der Waals surface area contributed by atoms with Crippen molar-refractivity contribution in [3.05, 3.63) is 0 Å². The zero-order valence-corrected chi connectivity index (χ0v) is 7.07. The molecule has 0 saturated carbocycles. The number of carbonyl (C=O) groups excluding carboxylic acids is 1. The molecule has 0 aliphatic carbocycles. The van der Waals surface area contributed by atoms with E-state index in [-0.39, 0.29) is 0 Å². The summed E-state index contributed by atoms with van der Waals surface area (Å²) in [5, 5.41) is 2.20. The van der Waals surface area contributed by atoms with Crippen LogP contribution in [0.25, 0.3) is 0 Å². The maximum Gasteiger partial charge on any atom is 0.344 e. The average molecular weight is 177 g/mol. The van der Waals surface area contributed by atoms with Crippen LogP contribution < -0.4 is 5.32 Å². The summed E-state index contributed by atoms with van der Waals surface area (Å²) in [6.45, 7) is 2.01. The van der Waals surface area contributed by atoms with Crippen LogP contribution in [0.15, 0.2) is 0 Å². The third-order valence-corrected chi connectivity index (χ3v) is 2.14. The van der Waals surface area contributed by atoms with E-state index in [2.05, 4.69) is 5.32 Å². The molecule has 1 saturated heterocycles. The molecule has 12 heavy (non-hydrogen) atoms. The highest BCUT2D eigenvalue weighted by Crippen LogP contribution is 2.30. The van der Waals surface area contributed by atoms with Crippen molar-refractivity contribution in [2.45, 2.75) is 44.6 Å². The summed E-state index contributed by atoms with van der Waals surface area (Å²) in [4.78, 5) is 10.3. The molecule has 1 heterocycles. The first-order chi connectivity index (χ1) is 5.59. The third-order valence-electron chi connectivity index (χ3n) is 2.14. The van der Waals surface area contributed by atoms with Crippen molar-refractivity contribution in [2.75, 3.05) is 0 Å². The van der Waals surface area contributed by atoms with Gasteiger partial charge >= 0.3 is 5.92 Å². The number of unbranched alkanes of at least 4 members (excludes halogenated alkanes) is 2. The summed E-state index contributed by atoms with van der Waals surface area (Å²) < 4.78 is 25.2. The van der Waals surface area contributed by atoms with Crippen molar-refractivity contribution in [3.63, 3.8) is 0 Å². The Balaban J connectivity index is 2.23. The van der Waals surface area contributed by atoms with Gasteiger partial charge in [-0.1, -0.05) is 26.2 Å². The summed E-state index contributed by atoms with van der Waals surface area (Å²) >= 11 is 0. The fourth-order valence-corrected chi connectivity index (χ4v) is 1.28. The maximum absolute atomic E-state index is 12.6. The minimum atomic E-state index is -3.10. The van der Waals surface area contributed by atoms with Crippen LogP contribution in [-0.2, 0) is 4.79 Å². The first-order valence-electron chi connectivity index (χ1n) is 4.27. The van der Waals surface area contributed by atoms with E-state index in [9.17, 15) is 13.6 Å². The number of rotatable bonds is 4. The minimum Gasteiger partial charge on any atom is -0.341 e. The largest absolute Gasteiger partial charge is 0.344 e. The van der Waals surface area contributed by atoms with Gasteiger partial charge in [-0.05, 0) is 6.42 Å². The predicted octanol–water partition coefficient (Wildman–Crippen LogP) is 1.70. The van der Waals surface area contributed by atoms with Gasteiger partial charge in [-0.2, -0.15) is 8.78 Å². The first kappa shape index (κ1) is 9.42. The molecule has 70 valence electrons. The highest BCUT2D eigenvalue weighted by molar-refractivity contribution is 5.90. The summed E-state index contributed by atoms with van der Waals surface area (Å²) in [5.41, 5.74) is 0. The lowest BCUT2D eigenvalue weighted by molar-refractivity contribution is -0.171. The number of hydrogen-bond acceptors (Lipinski definition) is 1. The molecular formula is C8H13F2NO. The number of amides is 1. The average Bonchev–Trinajstić information content (AvgIpc) is 2.04. The smallest absolute Gasteiger partial charge is 0.341 e. The highest BCUT2D eigenvalue weighted by atomic mass is 19.3. The zero-order chi connectivity index (χ0) is 9.19. The van der Waals surface area contributed by atoms with Gasteiger partial charge in [0.15, 0.2) is 0 Å². The minimum absolute atomic E-state index is 0.395. The number of β-lactam (4-membered cyclic amide) rings is 1. The molecule has 1 atom stereocenters. The molecule has 0 aromatic rings. The molecule has 0 radical (unpaired) electrons. The van der Waals surface area contributed by atoms with Crippen molar-refractivity contribution < 1.29 is 13.6 Å². The van der Waals surface area contributed by atoms with Crippen molar-refractivity contribution in [1.29, 1.82) is 0 Å². The van der Waals surface area contributed by atoms with Crippen molar-refractivity contribution in [2.24, 2.45) is 0 Å². The van der Waals surface area contributed by atoms with Crippen molar-refractivity contribution in [3.8, 4) is 0 Å². The van der Waals surface area contributed by atoms with Gasteiger partial charge in [-0.3, -0.25) is 4.79 Å². The Morgan fingerprint density at radius 1 is 1.50 bits per heavy atom. The topological polar surface area (TPSA) is 29.1 Å². The third kappa shape index (κ3) is 1.57. The Bertz CT molecular complexity index is 182. The van der Waals surface area contributed by atoms with Crippen LogP contribution in [0.3, 0.4) is 0 Å². The van der Waals surface area contributed by atoms with E-state index >= 15 is 0 Å². The molecule has 1 aliphatic rings. The summed E-state index contributed by atoms with van der Waals surface area (Å²) in [6.07, 6.45) is 3.11. The highest BCUT2D eigenvalue weighted by Gasteiger charge is 2.56. The molecule has 1 amide bonds. The Morgan fingerprint density at radius 2 is 2.17 bits per heavy atom. The fourth-order valence-electron chi connectivity index (χ4n) is 1.28. The van der Waals surface area contributed by atoms with Crippen molar-refractivity contribution in [1.82, 2.24) is 5.32 Å². The van der Waals surface area contributed by atoms with Crippen LogP contribution in [-0.4, -0.2) is 17.9 Å². The molecule has 4 heteroatoms. The van der Waals surface area contributed by atoms with Crippen LogP contribution in [0, 0.1) is 0 Å². The SMILES string of the molecule is CCCCCC1NC(=O)C1(F)F. The molecule has 0 spiro atoms. The molecule has 0 bridgehead atoms. The molecule has 1 fully saturated rings. The normalized spacial score (nSPS) is 26.2. The summed E-state index contributed by atoms with van der Waals surface area (Å²) in [5.74, 6) is -4.22. The Hall–Kier alpha value is -0.670. The van der Waals surface area contributed by atoms with Crippen LogP contribution in [0.5, 0.6) is 0 Å². The van der Waals surface area contributed by atoms with Gasteiger partial charge in [0.2, 0.25) is 0 Å². The summed E-state index contributed by atoms with van der Waals surface area (Å²) in [6, 6.07) is -0.906. The van der Waals surface area contributed by atoms with Crippen LogP contribution in [0.4, 0.5) is 8.78 Å². The first-order valence-corrected chi connectivity index (χ1v) is 4.27. The second-order valence-corrected chi connectivity index (χ2v) is 3.14. The summed E-state index contributed by atoms with van der Waals surface area (Å²) in [7, 11) is 0. The Kier molecular flexibility index (Phi) is 2.65. The Morgan fingerprint density at radius 3 is 2.58 bits per heavy atom. The van der Waals surface area contributed by atoms with Gasteiger partial charge in [0, 0.05) is 0 Å². The van der Waals surface area contributed by atoms with Gasteiger partial charge < -0.3 is 5.32 Å². The molecule has 2 nitrogen and oxygen atoms in total.